The Labute approximate surface area is 248 Å². The molecule has 0 bridgehead atoms. The fraction of sp³-hybridized carbons (Fsp3) is 0.379. The second kappa shape index (κ2) is 9.60. The highest BCUT2D eigenvalue weighted by atomic mass is 79.9. The number of hydrogen-bond acceptors (Lipinski definition) is 6. The van der Waals surface area contributed by atoms with E-state index in [1.807, 2.05) is 6.08 Å². The molecule has 3 fully saturated rings. The van der Waals surface area contributed by atoms with E-state index >= 15 is 0 Å². The molecule has 2 N–H and O–H groups in total. The molecule has 0 spiro atoms. The lowest BCUT2D eigenvalue weighted by atomic mass is 9.56. The molecule has 2 aromatic carbocycles. The number of imide groups is 2. The Morgan fingerprint density at radius 3 is 2.27 bits per heavy atom. The fourth-order valence-corrected chi connectivity index (χ4v) is 8.44. The number of benzene rings is 2. The van der Waals surface area contributed by atoms with Crippen molar-refractivity contribution >= 4 is 62.8 Å². The molecule has 2 aliphatic carbocycles. The van der Waals surface area contributed by atoms with Crippen LogP contribution < -0.4 is 0 Å². The van der Waals surface area contributed by atoms with Crippen molar-refractivity contribution in [3.8, 4) is 11.5 Å². The first-order valence-electron chi connectivity index (χ1n) is 13.0. The number of alkyl halides is 3. The molecule has 40 heavy (non-hydrogen) atoms. The number of allylic oxidation sites excluding steroid dienone is 2. The largest absolute Gasteiger partial charge is 0.508 e. The van der Waals surface area contributed by atoms with Crippen LogP contribution in [0.2, 0.25) is 0 Å². The second-order valence-corrected chi connectivity index (χ2v) is 12.5. The molecule has 4 amide bonds. The molecule has 6 rings (SSSR count). The summed E-state index contributed by atoms with van der Waals surface area (Å²) in [4.78, 5) is 53.1. The summed E-state index contributed by atoms with van der Waals surface area (Å²) < 4.78 is 0. The lowest BCUT2D eigenvalue weighted by molar-refractivity contribution is -0.141. The highest BCUT2D eigenvalue weighted by Crippen LogP contribution is 2.66. The van der Waals surface area contributed by atoms with Gasteiger partial charge in [0, 0.05) is 18.0 Å². The van der Waals surface area contributed by atoms with Gasteiger partial charge >= 0.3 is 0 Å². The Hall–Kier alpha value is -2.88. The van der Waals surface area contributed by atoms with E-state index in [4.69, 9.17) is 23.2 Å². The number of amides is 4. The number of nitrogens with zero attached hydrogens (tertiary/aromatic N) is 2. The summed E-state index contributed by atoms with van der Waals surface area (Å²) in [5.74, 6) is -5.02. The van der Waals surface area contributed by atoms with E-state index in [1.54, 1.807) is 42.5 Å². The predicted octanol–water partition coefficient (Wildman–Crippen LogP) is 4.05. The number of aromatic hydroxyl groups is 2. The molecule has 2 aromatic rings. The standard InChI is InChI=1S/C29H25BrCl2N2O6/c30-14-34-26(39)28(31)13-20-17(23(29(28,32)27(34)40)18-3-1-2-4-21(18)36)9-10-19-22(20)25(38)33(24(19)37)12-11-15-5-7-16(35)8-6-15/h1-9,19-20,22-23,35-36H,10-14H2/t19-,20+,22-,23+,28+,29-/m0/s1. The first-order chi connectivity index (χ1) is 19.0. The third kappa shape index (κ3) is 3.63. The molecule has 11 heteroatoms. The predicted molar refractivity (Wildman–Crippen MR) is 150 cm³/mol. The van der Waals surface area contributed by atoms with Crippen LogP contribution >= 0.6 is 39.1 Å². The van der Waals surface area contributed by atoms with E-state index in [0.717, 1.165) is 10.5 Å². The van der Waals surface area contributed by atoms with E-state index < -0.39 is 45.2 Å². The van der Waals surface area contributed by atoms with Crippen LogP contribution in [-0.2, 0) is 25.6 Å². The van der Waals surface area contributed by atoms with Crippen LogP contribution in [0, 0.1) is 17.8 Å². The van der Waals surface area contributed by atoms with Crippen molar-refractivity contribution in [1.82, 2.24) is 9.80 Å². The number of likely N-dealkylation sites (tertiary alicyclic amines) is 2. The molecular weight excluding hydrogens is 623 g/mol. The number of carbonyl (C=O) groups is 4. The Kier molecular flexibility index (Phi) is 6.55. The maximum absolute atomic E-state index is 13.9. The highest BCUT2D eigenvalue weighted by molar-refractivity contribution is 9.09. The highest BCUT2D eigenvalue weighted by Gasteiger charge is 2.76. The zero-order valence-corrected chi connectivity index (χ0v) is 24.2. The Bertz CT molecular complexity index is 1480. The summed E-state index contributed by atoms with van der Waals surface area (Å²) in [6, 6.07) is 13.0. The zero-order chi connectivity index (χ0) is 28.6. The zero-order valence-electron chi connectivity index (χ0n) is 21.1. The monoisotopic (exact) mass is 646 g/mol. The van der Waals surface area contributed by atoms with Gasteiger partial charge in [-0.3, -0.25) is 29.0 Å². The molecule has 0 aromatic heterocycles. The minimum Gasteiger partial charge on any atom is -0.508 e. The van der Waals surface area contributed by atoms with Crippen molar-refractivity contribution in [3.63, 3.8) is 0 Å². The molecule has 0 radical (unpaired) electrons. The molecular formula is C29H25BrCl2N2O6. The quantitative estimate of drug-likeness (QED) is 0.219. The van der Waals surface area contributed by atoms with Gasteiger partial charge in [0.15, 0.2) is 9.75 Å². The number of para-hydroxylation sites is 1. The van der Waals surface area contributed by atoms with Gasteiger partial charge in [-0.15, -0.1) is 23.2 Å². The number of carbonyl (C=O) groups excluding carboxylic acids is 4. The van der Waals surface area contributed by atoms with Crippen LogP contribution in [0.3, 0.4) is 0 Å². The molecule has 2 aliphatic heterocycles. The summed E-state index contributed by atoms with van der Waals surface area (Å²) in [6.07, 6.45) is 2.41. The van der Waals surface area contributed by atoms with Gasteiger partial charge in [-0.05, 0) is 48.9 Å². The molecule has 2 heterocycles. The molecule has 4 aliphatic rings. The van der Waals surface area contributed by atoms with Crippen LogP contribution in [0.25, 0.3) is 0 Å². The minimum absolute atomic E-state index is 0.103. The van der Waals surface area contributed by atoms with Crippen molar-refractivity contribution in [2.45, 2.75) is 34.9 Å². The molecule has 8 nitrogen and oxygen atoms in total. The van der Waals surface area contributed by atoms with E-state index in [2.05, 4.69) is 15.9 Å². The number of phenolic OH excluding ortho intramolecular Hbond substituents is 2. The smallest absolute Gasteiger partial charge is 0.254 e. The normalized spacial score (nSPS) is 33.1. The first-order valence-corrected chi connectivity index (χ1v) is 14.8. The van der Waals surface area contributed by atoms with Crippen LogP contribution in [-0.4, -0.2) is 65.4 Å². The lowest BCUT2D eigenvalue weighted by Crippen LogP contribution is -2.60. The van der Waals surface area contributed by atoms with Gasteiger partial charge in [0.25, 0.3) is 11.8 Å². The topological polar surface area (TPSA) is 115 Å². The van der Waals surface area contributed by atoms with Crippen LogP contribution in [0.4, 0.5) is 0 Å². The molecule has 208 valence electrons. The van der Waals surface area contributed by atoms with Gasteiger partial charge < -0.3 is 10.2 Å². The van der Waals surface area contributed by atoms with E-state index in [0.29, 0.717) is 17.6 Å². The number of fused-ring (bicyclic) bond motifs is 4. The number of rotatable bonds is 5. The number of halogens is 3. The van der Waals surface area contributed by atoms with Gasteiger partial charge in [0.2, 0.25) is 11.8 Å². The summed E-state index contributed by atoms with van der Waals surface area (Å²) in [5, 5.41) is 20.4. The Balaban J connectivity index is 1.41. The Morgan fingerprint density at radius 1 is 0.900 bits per heavy atom. The van der Waals surface area contributed by atoms with Gasteiger partial charge in [0.05, 0.1) is 17.3 Å². The molecule has 6 atom stereocenters. The maximum atomic E-state index is 13.9. The molecule has 1 saturated carbocycles. The third-order valence-electron chi connectivity index (χ3n) is 8.91. The summed E-state index contributed by atoms with van der Waals surface area (Å²) in [6.45, 7) is 0.167. The van der Waals surface area contributed by atoms with Crippen LogP contribution in [0.5, 0.6) is 11.5 Å². The molecule has 0 unspecified atom stereocenters. The summed E-state index contributed by atoms with van der Waals surface area (Å²) in [7, 11) is 0. The van der Waals surface area contributed by atoms with Gasteiger partial charge in [-0.2, -0.15) is 0 Å². The van der Waals surface area contributed by atoms with Gasteiger partial charge in [-0.25, -0.2) is 0 Å². The minimum atomic E-state index is -1.95. The third-order valence-corrected chi connectivity index (χ3v) is 10.8. The Morgan fingerprint density at radius 2 is 1.60 bits per heavy atom. The fourth-order valence-electron chi connectivity index (χ4n) is 7.02. The van der Waals surface area contributed by atoms with Gasteiger partial charge in [0.1, 0.15) is 11.5 Å². The van der Waals surface area contributed by atoms with Crippen LogP contribution in [0.15, 0.2) is 60.2 Å². The van der Waals surface area contributed by atoms with Crippen molar-refractivity contribution in [2.75, 3.05) is 12.0 Å². The average molecular weight is 648 g/mol. The van der Waals surface area contributed by atoms with Crippen molar-refractivity contribution in [2.24, 2.45) is 17.8 Å². The van der Waals surface area contributed by atoms with E-state index in [-0.39, 0.29) is 48.2 Å². The number of hydrogen-bond donors (Lipinski definition) is 2. The van der Waals surface area contributed by atoms with E-state index in [9.17, 15) is 29.4 Å². The maximum Gasteiger partial charge on any atom is 0.254 e. The van der Waals surface area contributed by atoms with Crippen molar-refractivity contribution in [3.05, 3.63) is 71.3 Å². The molecule has 2 saturated heterocycles. The first kappa shape index (κ1) is 27.3. The van der Waals surface area contributed by atoms with E-state index in [1.165, 1.54) is 11.0 Å². The summed E-state index contributed by atoms with van der Waals surface area (Å²) in [5.41, 5.74) is 1.71. The number of phenols is 2. The SMILES string of the molecule is O=C1[C@H]2[C@H](CC=C3[C@H]2C[C@@]2(Cl)C(=O)N(CBr)C(=O)[C@@]2(Cl)[C@H]3c2ccccc2O)C(=O)N1CCc1ccc(O)cc1. The van der Waals surface area contributed by atoms with Crippen molar-refractivity contribution < 1.29 is 29.4 Å². The van der Waals surface area contributed by atoms with Crippen molar-refractivity contribution in [1.29, 1.82) is 0 Å². The summed E-state index contributed by atoms with van der Waals surface area (Å²) >= 11 is 17.5. The lowest BCUT2D eigenvalue weighted by Gasteiger charge is -2.50. The average Bonchev–Trinajstić information content (AvgIpc) is 3.26. The second-order valence-electron chi connectivity index (χ2n) is 10.8. The van der Waals surface area contributed by atoms with Crippen LogP contribution in [0.1, 0.15) is 29.9 Å². The van der Waals surface area contributed by atoms with Gasteiger partial charge in [-0.1, -0.05) is 57.9 Å².